The van der Waals surface area contributed by atoms with E-state index in [4.69, 9.17) is 10.5 Å². The Morgan fingerprint density at radius 1 is 1.37 bits per heavy atom. The van der Waals surface area contributed by atoms with Gasteiger partial charge in [0.25, 0.3) is 0 Å². The van der Waals surface area contributed by atoms with Crippen LogP contribution in [0.2, 0.25) is 0 Å². The normalized spacial score (nSPS) is 19.9. The molecule has 19 heavy (non-hydrogen) atoms. The molecular formula is C14H18N2O3. The molecule has 0 radical (unpaired) electrons. The number of ether oxygens (including phenoxy) is 1. The van der Waals surface area contributed by atoms with Crippen molar-refractivity contribution < 1.29 is 14.3 Å². The molecular weight excluding hydrogens is 244 g/mol. The second-order valence-electron chi connectivity index (χ2n) is 4.65. The molecule has 0 aromatic heterocycles. The van der Waals surface area contributed by atoms with Crippen LogP contribution in [0.15, 0.2) is 30.3 Å². The Balaban J connectivity index is 1.96. The summed E-state index contributed by atoms with van der Waals surface area (Å²) in [6.07, 6.45) is 1.52. The molecule has 2 atom stereocenters. The largest absolute Gasteiger partial charge is 0.368 e. The lowest BCUT2D eigenvalue weighted by atomic mass is 10.1. The summed E-state index contributed by atoms with van der Waals surface area (Å²) in [5.74, 6) is -0.785. The molecule has 1 aromatic rings. The number of carbonyl (C=O) groups is 2. The van der Waals surface area contributed by atoms with Crippen LogP contribution in [0.25, 0.3) is 0 Å². The predicted octanol–water partition coefficient (Wildman–Crippen LogP) is 0.378. The fraction of sp³-hybridized carbons (Fsp3) is 0.429. The van der Waals surface area contributed by atoms with Crippen LogP contribution in [0, 0.1) is 0 Å². The average molecular weight is 262 g/mol. The maximum Gasteiger partial charge on any atom is 0.249 e. The van der Waals surface area contributed by atoms with E-state index in [1.54, 1.807) is 0 Å². The van der Waals surface area contributed by atoms with Crippen LogP contribution in [0.3, 0.4) is 0 Å². The summed E-state index contributed by atoms with van der Waals surface area (Å²) < 4.78 is 5.28. The predicted molar refractivity (Wildman–Crippen MR) is 70.2 cm³/mol. The standard InChI is InChI=1S/C14H18N2O3/c15-13(17)11(9-10-5-2-1-3-6-10)16-14(18)12-7-4-8-19-12/h1-3,5-6,11-12H,4,7-9H2,(H2,15,17)(H,16,18)/t11-,12-/m1/s1. The average Bonchev–Trinajstić information content (AvgIpc) is 2.93. The molecule has 1 aromatic carbocycles. The van der Waals surface area contributed by atoms with Crippen LogP contribution in [0.5, 0.6) is 0 Å². The van der Waals surface area contributed by atoms with Crippen molar-refractivity contribution in [3.05, 3.63) is 35.9 Å². The molecule has 5 nitrogen and oxygen atoms in total. The summed E-state index contributed by atoms with van der Waals surface area (Å²) in [5.41, 5.74) is 6.29. The van der Waals surface area contributed by atoms with Gasteiger partial charge in [0, 0.05) is 13.0 Å². The van der Waals surface area contributed by atoms with Gasteiger partial charge >= 0.3 is 0 Å². The zero-order chi connectivity index (χ0) is 13.7. The Hall–Kier alpha value is -1.88. The molecule has 1 saturated heterocycles. The first kappa shape index (κ1) is 13.5. The Bertz CT molecular complexity index is 441. The lowest BCUT2D eigenvalue weighted by Gasteiger charge is -2.18. The number of nitrogens with one attached hydrogen (secondary N) is 1. The fourth-order valence-corrected chi connectivity index (χ4v) is 2.12. The van der Waals surface area contributed by atoms with Crippen molar-refractivity contribution >= 4 is 11.8 Å². The first-order valence-corrected chi connectivity index (χ1v) is 6.42. The highest BCUT2D eigenvalue weighted by atomic mass is 16.5. The highest BCUT2D eigenvalue weighted by Crippen LogP contribution is 2.12. The van der Waals surface area contributed by atoms with Gasteiger partial charge in [-0.3, -0.25) is 9.59 Å². The molecule has 1 aliphatic heterocycles. The van der Waals surface area contributed by atoms with Gasteiger partial charge in [0.2, 0.25) is 11.8 Å². The summed E-state index contributed by atoms with van der Waals surface area (Å²) in [7, 11) is 0. The minimum absolute atomic E-state index is 0.253. The second kappa shape index (κ2) is 6.33. The Morgan fingerprint density at radius 3 is 2.68 bits per heavy atom. The molecule has 1 fully saturated rings. The zero-order valence-corrected chi connectivity index (χ0v) is 10.7. The van der Waals surface area contributed by atoms with Crippen molar-refractivity contribution in [3.63, 3.8) is 0 Å². The van der Waals surface area contributed by atoms with Crippen LogP contribution in [-0.4, -0.2) is 30.6 Å². The van der Waals surface area contributed by atoms with E-state index >= 15 is 0 Å². The van der Waals surface area contributed by atoms with E-state index in [-0.39, 0.29) is 5.91 Å². The molecule has 2 rings (SSSR count). The lowest BCUT2D eigenvalue weighted by molar-refractivity contribution is -0.133. The number of rotatable bonds is 5. The van der Waals surface area contributed by atoms with Crippen molar-refractivity contribution in [3.8, 4) is 0 Å². The summed E-state index contributed by atoms with van der Waals surface area (Å²) in [5, 5.41) is 2.67. The van der Waals surface area contributed by atoms with Crippen molar-refractivity contribution in [2.75, 3.05) is 6.61 Å². The van der Waals surface area contributed by atoms with E-state index in [1.165, 1.54) is 0 Å². The van der Waals surface area contributed by atoms with Gasteiger partial charge in [0.05, 0.1) is 0 Å². The van der Waals surface area contributed by atoms with Gasteiger partial charge in [0.1, 0.15) is 12.1 Å². The maximum atomic E-state index is 11.9. The summed E-state index contributed by atoms with van der Waals surface area (Å²) in [6, 6.07) is 8.76. The third-order valence-corrected chi connectivity index (χ3v) is 3.16. The third kappa shape index (κ3) is 3.79. The van der Waals surface area contributed by atoms with Gasteiger partial charge in [0.15, 0.2) is 0 Å². The van der Waals surface area contributed by atoms with E-state index in [1.807, 2.05) is 30.3 Å². The highest BCUT2D eigenvalue weighted by Gasteiger charge is 2.27. The number of carbonyl (C=O) groups excluding carboxylic acids is 2. The monoisotopic (exact) mass is 262 g/mol. The van der Waals surface area contributed by atoms with Crippen molar-refractivity contribution in [1.82, 2.24) is 5.32 Å². The fourth-order valence-electron chi connectivity index (χ4n) is 2.12. The topological polar surface area (TPSA) is 81.4 Å². The third-order valence-electron chi connectivity index (χ3n) is 3.16. The van der Waals surface area contributed by atoms with E-state index < -0.39 is 18.1 Å². The van der Waals surface area contributed by atoms with Gasteiger partial charge in [-0.15, -0.1) is 0 Å². The smallest absolute Gasteiger partial charge is 0.249 e. The molecule has 5 heteroatoms. The maximum absolute atomic E-state index is 11.9. The van der Waals surface area contributed by atoms with E-state index in [0.717, 1.165) is 12.0 Å². The van der Waals surface area contributed by atoms with Crippen molar-refractivity contribution in [2.24, 2.45) is 5.73 Å². The van der Waals surface area contributed by atoms with Crippen molar-refractivity contribution in [2.45, 2.75) is 31.4 Å². The number of nitrogens with two attached hydrogens (primary N) is 1. The first-order chi connectivity index (χ1) is 9.16. The van der Waals surface area contributed by atoms with Gasteiger partial charge in [-0.1, -0.05) is 30.3 Å². The number of hydrogen-bond donors (Lipinski definition) is 2. The van der Waals surface area contributed by atoms with Gasteiger partial charge < -0.3 is 15.8 Å². The molecule has 0 bridgehead atoms. The highest BCUT2D eigenvalue weighted by molar-refractivity contribution is 5.88. The van der Waals surface area contributed by atoms with Crippen LogP contribution >= 0.6 is 0 Å². The number of amides is 2. The Morgan fingerprint density at radius 2 is 2.11 bits per heavy atom. The van der Waals surface area contributed by atoms with Crippen LogP contribution in [-0.2, 0) is 20.7 Å². The van der Waals surface area contributed by atoms with Gasteiger partial charge in [-0.2, -0.15) is 0 Å². The molecule has 0 saturated carbocycles. The Kier molecular flexibility index (Phi) is 4.52. The quantitative estimate of drug-likeness (QED) is 0.804. The van der Waals surface area contributed by atoms with Crippen LogP contribution < -0.4 is 11.1 Å². The van der Waals surface area contributed by atoms with E-state index in [2.05, 4.69) is 5.32 Å². The first-order valence-electron chi connectivity index (χ1n) is 6.42. The summed E-state index contributed by atoms with van der Waals surface area (Å²) in [6.45, 7) is 0.595. The van der Waals surface area contributed by atoms with E-state index in [0.29, 0.717) is 19.4 Å². The Labute approximate surface area is 112 Å². The molecule has 0 unspecified atom stereocenters. The minimum Gasteiger partial charge on any atom is -0.368 e. The SMILES string of the molecule is NC(=O)[C@@H](Cc1ccccc1)NC(=O)[C@H]1CCCO1. The van der Waals surface area contributed by atoms with Crippen molar-refractivity contribution in [1.29, 1.82) is 0 Å². The minimum atomic E-state index is -0.695. The molecule has 0 spiro atoms. The molecule has 3 N–H and O–H groups in total. The number of benzene rings is 1. The number of hydrogen-bond acceptors (Lipinski definition) is 3. The molecule has 2 amide bonds. The molecule has 1 heterocycles. The van der Waals surface area contributed by atoms with Crippen LogP contribution in [0.4, 0.5) is 0 Å². The number of primary amides is 1. The van der Waals surface area contributed by atoms with E-state index in [9.17, 15) is 9.59 Å². The van der Waals surface area contributed by atoms with Gasteiger partial charge in [-0.25, -0.2) is 0 Å². The van der Waals surface area contributed by atoms with Gasteiger partial charge in [-0.05, 0) is 18.4 Å². The molecule has 102 valence electrons. The summed E-state index contributed by atoms with van der Waals surface area (Å²) in [4.78, 5) is 23.3. The second-order valence-corrected chi connectivity index (χ2v) is 4.65. The molecule has 1 aliphatic rings. The zero-order valence-electron chi connectivity index (χ0n) is 10.7. The summed E-state index contributed by atoms with van der Waals surface area (Å²) >= 11 is 0. The molecule has 0 aliphatic carbocycles. The van der Waals surface area contributed by atoms with Crippen LogP contribution in [0.1, 0.15) is 18.4 Å². The lowest BCUT2D eigenvalue weighted by Crippen LogP contribution is -2.49.